The molecular formula is C11H15ClO2. The molecule has 0 radical (unpaired) electrons. The molecule has 0 unspecified atom stereocenters. The van der Waals surface area contributed by atoms with Gasteiger partial charge in [-0.1, -0.05) is 17.7 Å². The Morgan fingerprint density at radius 2 is 2.07 bits per heavy atom. The summed E-state index contributed by atoms with van der Waals surface area (Å²) in [6.45, 7) is 3.53. The van der Waals surface area contributed by atoms with Crippen molar-refractivity contribution in [1.82, 2.24) is 0 Å². The molecule has 0 aliphatic carbocycles. The summed E-state index contributed by atoms with van der Waals surface area (Å²) in [5.41, 5.74) is 0.227. The maximum atomic E-state index is 9.67. The lowest BCUT2D eigenvalue weighted by atomic mass is 9.98. The summed E-state index contributed by atoms with van der Waals surface area (Å²) >= 11 is 5.82. The fourth-order valence-corrected chi connectivity index (χ4v) is 1.49. The van der Waals surface area contributed by atoms with E-state index in [9.17, 15) is 5.11 Å². The van der Waals surface area contributed by atoms with Gasteiger partial charge < -0.3 is 9.84 Å². The van der Waals surface area contributed by atoms with Crippen LogP contribution in [0.25, 0.3) is 0 Å². The molecule has 0 amide bonds. The van der Waals surface area contributed by atoms with Crippen molar-refractivity contribution in [2.45, 2.75) is 25.9 Å². The summed E-state index contributed by atoms with van der Waals surface area (Å²) in [7, 11) is 1.60. The summed E-state index contributed by atoms with van der Waals surface area (Å²) in [5.74, 6) is 0.722. The molecule has 0 heterocycles. The highest BCUT2D eigenvalue weighted by molar-refractivity contribution is 6.30. The van der Waals surface area contributed by atoms with Crippen molar-refractivity contribution in [3.63, 3.8) is 0 Å². The Kier molecular flexibility index (Phi) is 3.40. The zero-order valence-electron chi connectivity index (χ0n) is 8.67. The van der Waals surface area contributed by atoms with Gasteiger partial charge in [0.15, 0.2) is 0 Å². The van der Waals surface area contributed by atoms with Gasteiger partial charge in [0.1, 0.15) is 5.75 Å². The van der Waals surface area contributed by atoms with Gasteiger partial charge >= 0.3 is 0 Å². The van der Waals surface area contributed by atoms with E-state index in [1.807, 2.05) is 6.07 Å². The highest BCUT2D eigenvalue weighted by Gasteiger charge is 2.16. The van der Waals surface area contributed by atoms with Crippen molar-refractivity contribution < 1.29 is 9.84 Å². The van der Waals surface area contributed by atoms with Gasteiger partial charge in [-0.15, -0.1) is 0 Å². The zero-order valence-corrected chi connectivity index (χ0v) is 9.43. The van der Waals surface area contributed by atoms with Gasteiger partial charge in [0, 0.05) is 11.4 Å². The Bertz CT molecular complexity index is 316. The quantitative estimate of drug-likeness (QED) is 0.839. The minimum absolute atomic E-state index is 0.549. The van der Waals surface area contributed by atoms with Gasteiger partial charge in [0.05, 0.1) is 12.7 Å². The Hall–Kier alpha value is -0.730. The Morgan fingerprint density at radius 3 is 2.57 bits per heavy atom. The van der Waals surface area contributed by atoms with Crippen LogP contribution in [0.15, 0.2) is 18.2 Å². The van der Waals surface area contributed by atoms with Crippen LogP contribution < -0.4 is 4.74 Å². The maximum absolute atomic E-state index is 9.67. The van der Waals surface area contributed by atoms with Crippen molar-refractivity contribution in [2.75, 3.05) is 7.11 Å². The molecule has 0 bridgehead atoms. The average molecular weight is 215 g/mol. The lowest BCUT2D eigenvalue weighted by Crippen LogP contribution is -2.22. The number of benzene rings is 1. The molecule has 0 fully saturated rings. The molecule has 0 atom stereocenters. The number of rotatable bonds is 3. The number of hydrogen-bond acceptors (Lipinski definition) is 2. The van der Waals surface area contributed by atoms with E-state index in [4.69, 9.17) is 16.3 Å². The van der Waals surface area contributed by atoms with Crippen LogP contribution in [0.5, 0.6) is 5.75 Å². The van der Waals surface area contributed by atoms with Gasteiger partial charge in [0.2, 0.25) is 0 Å². The molecule has 1 aromatic carbocycles. The molecule has 0 aliphatic rings. The molecule has 3 heteroatoms. The maximum Gasteiger partial charge on any atom is 0.123 e. The number of aliphatic hydroxyl groups is 1. The molecule has 1 N–H and O–H groups in total. The van der Waals surface area contributed by atoms with Crippen LogP contribution in [0.2, 0.25) is 5.02 Å². The molecule has 0 saturated heterocycles. The first-order valence-electron chi connectivity index (χ1n) is 4.47. The van der Waals surface area contributed by atoms with Crippen LogP contribution in [-0.2, 0) is 6.42 Å². The third kappa shape index (κ3) is 3.20. The summed E-state index contributed by atoms with van der Waals surface area (Å²) in [6, 6.07) is 5.42. The average Bonchev–Trinajstić information content (AvgIpc) is 2.06. The lowest BCUT2D eigenvalue weighted by Gasteiger charge is -2.18. The van der Waals surface area contributed by atoms with Crippen LogP contribution in [0.3, 0.4) is 0 Å². The van der Waals surface area contributed by atoms with Crippen molar-refractivity contribution in [2.24, 2.45) is 0 Å². The lowest BCUT2D eigenvalue weighted by molar-refractivity contribution is 0.0803. The number of hydrogen-bond donors (Lipinski definition) is 1. The fourth-order valence-electron chi connectivity index (χ4n) is 1.33. The highest BCUT2D eigenvalue weighted by Crippen LogP contribution is 2.26. The highest BCUT2D eigenvalue weighted by atomic mass is 35.5. The largest absolute Gasteiger partial charge is 0.496 e. The number of ether oxygens (including phenoxy) is 1. The molecule has 2 nitrogen and oxygen atoms in total. The zero-order chi connectivity index (χ0) is 10.8. The third-order valence-corrected chi connectivity index (χ3v) is 2.11. The Labute approximate surface area is 89.5 Å². The smallest absolute Gasteiger partial charge is 0.123 e. The molecule has 0 saturated carbocycles. The predicted molar refractivity (Wildman–Crippen MR) is 58.0 cm³/mol. The number of methoxy groups -OCH3 is 1. The van der Waals surface area contributed by atoms with Gasteiger partial charge in [-0.05, 0) is 31.5 Å². The molecule has 1 aromatic rings. The molecular weight excluding hydrogens is 200 g/mol. The minimum atomic E-state index is -0.735. The van der Waals surface area contributed by atoms with Crippen LogP contribution in [-0.4, -0.2) is 17.8 Å². The van der Waals surface area contributed by atoms with Crippen LogP contribution in [0.1, 0.15) is 19.4 Å². The molecule has 0 aliphatic heterocycles. The van der Waals surface area contributed by atoms with E-state index in [-0.39, 0.29) is 0 Å². The van der Waals surface area contributed by atoms with E-state index < -0.39 is 5.60 Å². The van der Waals surface area contributed by atoms with Gasteiger partial charge in [-0.25, -0.2) is 0 Å². The monoisotopic (exact) mass is 214 g/mol. The topological polar surface area (TPSA) is 29.5 Å². The van der Waals surface area contributed by atoms with E-state index in [2.05, 4.69) is 0 Å². The summed E-state index contributed by atoms with van der Waals surface area (Å²) < 4.78 is 5.18. The van der Waals surface area contributed by atoms with Crippen LogP contribution in [0.4, 0.5) is 0 Å². The molecule has 0 aromatic heterocycles. The normalized spacial score (nSPS) is 11.5. The van der Waals surface area contributed by atoms with E-state index >= 15 is 0 Å². The third-order valence-electron chi connectivity index (χ3n) is 1.87. The summed E-state index contributed by atoms with van der Waals surface area (Å²) in [5, 5.41) is 10.3. The first-order chi connectivity index (χ1) is 6.42. The minimum Gasteiger partial charge on any atom is -0.496 e. The van der Waals surface area contributed by atoms with Crippen LogP contribution in [0, 0.1) is 0 Å². The van der Waals surface area contributed by atoms with E-state index in [1.54, 1.807) is 33.1 Å². The predicted octanol–water partition coefficient (Wildman–Crippen LogP) is 2.66. The fraction of sp³-hybridized carbons (Fsp3) is 0.455. The summed E-state index contributed by atoms with van der Waals surface area (Å²) in [6.07, 6.45) is 0.549. The van der Waals surface area contributed by atoms with Gasteiger partial charge in [-0.2, -0.15) is 0 Å². The Balaban J connectivity index is 2.97. The van der Waals surface area contributed by atoms with Crippen molar-refractivity contribution in [3.8, 4) is 5.75 Å². The van der Waals surface area contributed by atoms with E-state index in [0.29, 0.717) is 11.4 Å². The molecule has 1 rings (SSSR count). The SMILES string of the molecule is COc1cc(Cl)ccc1CC(C)(C)O. The van der Waals surface area contributed by atoms with E-state index in [0.717, 1.165) is 11.3 Å². The van der Waals surface area contributed by atoms with Crippen LogP contribution >= 0.6 is 11.6 Å². The molecule has 14 heavy (non-hydrogen) atoms. The Morgan fingerprint density at radius 1 is 1.43 bits per heavy atom. The van der Waals surface area contributed by atoms with Crippen molar-refractivity contribution in [3.05, 3.63) is 28.8 Å². The first kappa shape index (κ1) is 11.3. The standard InChI is InChI=1S/C11H15ClO2/c1-11(2,13)7-8-4-5-9(12)6-10(8)14-3/h4-6,13H,7H2,1-3H3. The molecule has 78 valence electrons. The summed E-state index contributed by atoms with van der Waals surface area (Å²) in [4.78, 5) is 0. The van der Waals surface area contributed by atoms with Crippen molar-refractivity contribution in [1.29, 1.82) is 0 Å². The first-order valence-corrected chi connectivity index (χ1v) is 4.85. The van der Waals surface area contributed by atoms with E-state index in [1.165, 1.54) is 0 Å². The van der Waals surface area contributed by atoms with Gasteiger partial charge in [0.25, 0.3) is 0 Å². The second-order valence-electron chi connectivity index (χ2n) is 3.95. The van der Waals surface area contributed by atoms with Gasteiger partial charge in [-0.3, -0.25) is 0 Å². The number of halogens is 1. The second-order valence-corrected chi connectivity index (χ2v) is 4.38. The second kappa shape index (κ2) is 4.20. The molecule has 0 spiro atoms. The van der Waals surface area contributed by atoms with Crippen molar-refractivity contribution >= 4 is 11.6 Å².